The number of carbonyl (C=O) groups excluding carboxylic acids is 2. The smallest absolute Gasteiger partial charge is 0.252 e. The molecule has 2 atom stereocenters. The lowest BCUT2D eigenvalue weighted by Gasteiger charge is -2.58. The first-order valence-electron chi connectivity index (χ1n) is 9.05. The van der Waals surface area contributed by atoms with Crippen LogP contribution >= 0.6 is 0 Å². The van der Waals surface area contributed by atoms with Crippen LogP contribution in [0.3, 0.4) is 0 Å². The number of aromatic nitrogens is 2. The number of β-amino-alcohol motifs (C(OH)–C–C–N with tert-alkyl or cyclic N) is 1. The SMILES string of the molecule is CCCCN1C(=O)[C@@H]2C[C@@H](O)CN2C2(CN(Cc3cnc[nH]3)C2)C1=O. The summed E-state index contributed by atoms with van der Waals surface area (Å²) in [7, 11) is 0. The largest absolute Gasteiger partial charge is 0.392 e. The summed E-state index contributed by atoms with van der Waals surface area (Å²) >= 11 is 0. The zero-order chi connectivity index (χ0) is 17.6. The van der Waals surface area contributed by atoms with E-state index >= 15 is 0 Å². The Hall–Kier alpha value is -1.77. The summed E-state index contributed by atoms with van der Waals surface area (Å²) in [5, 5.41) is 10.1. The highest BCUT2D eigenvalue weighted by Gasteiger charge is 2.63. The van der Waals surface area contributed by atoms with Gasteiger partial charge >= 0.3 is 0 Å². The molecule has 0 aliphatic carbocycles. The minimum Gasteiger partial charge on any atom is -0.392 e. The Kier molecular flexibility index (Phi) is 4.13. The lowest BCUT2D eigenvalue weighted by Crippen LogP contribution is -2.81. The third kappa shape index (κ3) is 2.59. The van der Waals surface area contributed by atoms with E-state index in [0.29, 0.717) is 39.1 Å². The number of nitrogens with one attached hydrogen (secondary N) is 1. The Morgan fingerprint density at radius 2 is 2.20 bits per heavy atom. The summed E-state index contributed by atoms with van der Waals surface area (Å²) in [5.41, 5.74) is 0.346. The van der Waals surface area contributed by atoms with E-state index in [0.717, 1.165) is 18.5 Å². The van der Waals surface area contributed by atoms with E-state index in [1.807, 2.05) is 4.90 Å². The highest BCUT2D eigenvalue weighted by molar-refractivity contribution is 6.06. The van der Waals surface area contributed by atoms with Gasteiger partial charge in [-0.3, -0.25) is 24.3 Å². The monoisotopic (exact) mass is 347 g/mol. The Balaban J connectivity index is 1.55. The number of likely N-dealkylation sites (tertiary alicyclic amines) is 1. The van der Waals surface area contributed by atoms with E-state index in [2.05, 4.69) is 21.8 Å². The number of amides is 2. The summed E-state index contributed by atoms with van der Waals surface area (Å²) in [4.78, 5) is 38.6. The predicted octanol–water partition coefficient (Wildman–Crippen LogP) is -0.432. The Labute approximate surface area is 146 Å². The van der Waals surface area contributed by atoms with Crippen molar-refractivity contribution in [3.63, 3.8) is 0 Å². The normalized spacial score (nSPS) is 29.3. The summed E-state index contributed by atoms with van der Waals surface area (Å²) in [6.07, 6.45) is 5.08. The van der Waals surface area contributed by atoms with Crippen LogP contribution in [0, 0.1) is 0 Å². The fraction of sp³-hybridized carbons (Fsp3) is 0.706. The quantitative estimate of drug-likeness (QED) is 0.702. The van der Waals surface area contributed by atoms with E-state index in [9.17, 15) is 14.7 Å². The topological polar surface area (TPSA) is 92.8 Å². The predicted molar refractivity (Wildman–Crippen MR) is 89.3 cm³/mol. The number of nitrogens with zero attached hydrogens (tertiary/aromatic N) is 4. The van der Waals surface area contributed by atoms with Gasteiger partial charge in [0.05, 0.1) is 18.5 Å². The first-order valence-corrected chi connectivity index (χ1v) is 9.05. The van der Waals surface area contributed by atoms with Crippen LogP contribution in [0.15, 0.2) is 12.5 Å². The van der Waals surface area contributed by atoms with Gasteiger partial charge in [-0.15, -0.1) is 0 Å². The minimum absolute atomic E-state index is 0.0860. The molecule has 25 heavy (non-hydrogen) atoms. The average molecular weight is 347 g/mol. The molecule has 1 aromatic heterocycles. The van der Waals surface area contributed by atoms with Crippen LogP contribution in [-0.2, 0) is 16.1 Å². The van der Waals surface area contributed by atoms with Crippen molar-refractivity contribution in [3.8, 4) is 0 Å². The first kappa shape index (κ1) is 16.7. The molecule has 2 amide bonds. The standard InChI is InChI=1S/C17H25N5O3/c1-2-3-4-21-15(24)14-5-13(23)8-22(14)17(16(21)25)9-20(10-17)7-12-6-18-11-19-12/h6,11,13-14,23H,2-5,7-10H2,1H3,(H,18,19)/t13-,14+/m1/s1. The highest BCUT2D eigenvalue weighted by Crippen LogP contribution is 2.40. The van der Waals surface area contributed by atoms with Crippen LogP contribution in [0.2, 0.25) is 0 Å². The molecule has 0 aromatic carbocycles. The second-order valence-corrected chi connectivity index (χ2v) is 7.46. The average Bonchev–Trinajstić information content (AvgIpc) is 3.19. The van der Waals surface area contributed by atoms with Crippen molar-refractivity contribution in [2.45, 2.75) is 50.4 Å². The number of aromatic amines is 1. The van der Waals surface area contributed by atoms with Crippen LogP contribution in [0.25, 0.3) is 0 Å². The number of hydrogen-bond acceptors (Lipinski definition) is 6. The van der Waals surface area contributed by atoms with E-state index in [1.165, 1.54) is 4.90 Å². The molecule has 4 heterocycles. The molecule has 3 aliphatic rings. The molecule has 1 spiro atoms. The maximum atomic E-state index is 13.2. The van der Waals surface area contributed by atoms with Gasteiger partial charge in [0.1, 0.15) is 5.54 Å². The summed E-state index contributed by atoms with van der Waals surface area (Å²) in [5.74, 6) is -0.218. The molecule has 136 valence electrons. The fourth-order valence-corrected chi connectivity index (χ4v) is 4.44. The molecule has 4 rings (SSSR count). The Morgan fingerprint density at radius 3 is 2.88 bits per heavy atom. The summed E-state index contributed by atoms with van der Waals surface area (Å²) < 4.78 is 0. The number of piperazine rings is 1. The molecule has 2 N–H and O–H groups in total. The third-order valence-electron chi connectivity index (χ3n) is 5.68. The molecule has 8 nitrogen and oxygen atoms in total. The number of imide groups is 1. The lowest BCUT2D eigenvalue weighted by molar-refractivity contribution is -0.180. The Morgan fingerprint density at radius 1 is 1.40 bits per heavy atom. The molecule has 3 aliphatic heterocycles. The van der Waals surface area contributed by atoms with Crippen molar-refractivity contribution in [2.75, 3.05) is 26.2 Å². The van der Waals surface area contributed by atoms with Gasteiger partial charge in [0, 0.05) is 44.6 Å². The molecule has 1 aromatic rings. The van der Waals surface area contributed by atoms with Gasteiger partial charge in [-0.1, -0.05) is 13.3 Å². The third-order valence-corrected chi connectivity index (χ3v) is 5.68. The van der Waals surface area contributed by atoms with Crippen molar-refractivity contribution in [2.24, 2.45) is 0 Å². The number of rotatable bonds is 5. The zero-order valence-corrected chi connectivity index (χ0v) is 14.5. The number of hydrogen-bond donors (Lipinski definition) is 2. The van der Waals surface area contributed by atoms with Crippen LogP contribution in [-0.4, -0.2) is 85.5 Å². The van der Waals surface area contributed by atoms with Crippen LogP contribution in [0.4, 0.5) is 0 Å². The van der Waals surface area contributed by atoms with Gasteiger partial charge < -0.3 is 10.1 Å². The summed E-state index contributed by atoms with van der Waals surface area (Å²) in [6, 6.07) is -0.362. The Bertz CT molecular complexity index is 655. The highest BCUT2D eigenvalue weighted by atomic mass is 16.3. The second-order valence-electron chi connectivity index (χ2n) is 7.46. The first-order chi connectivity index (χ1) is 12.0. The number of carbonyl (C=O) groups is 2. The van der Waals surface area contributed by atoms with Gasteiger partial charge in [-0.05, 0) is 12.8 Å². The number of unbranched alkanes of at least 4 members (excludes halogenated alkanes) is 1. The molecule has 0 radical (unpaired) electrons. The van der Waals surface area contributed by atoms with E-state index in [1.54, 1.807) is 12.5 Å². The minimum atomic E-state index is -0.663. The van der Waals surface area contributed by atoms with Gasteiger partial charge in [0.25, 0.3) is 5.91 Å². The van der Waals surface area contributed by atoms with Crippen molar-refractivity contribution >= 4 is 11.8 Å². The maximum Gasteiger partial charge on any atom is 0.252 e. The van der Waals surface area contributed by atoms with E-state index in [-0.39, 0.29) is 17.9 Å². The van der Waals surface area contributed by atoms with Gasteiger partial charge in [0.15, 0.2) is 0 Å². The second kappa shape index (κ2) is 6.19. The van der Waals surface area contributed by atoms with Gasteiger partial charge in [-0.25, -0.2) is 4.98 Å². The number of H-pyrrole nitrogens is 1. The zero-order valence-electron chi connectivity index (χ0n) is 14.5. The van der Waals surface area contributed by atoms with Crippen molar-refractivity contribution < 1.29 is 14.7 Å². The maximum absolute atomic E-state index is 13.2. The lowest BCUT2D eigenvalue weighted by atomic mass is 9.82. The van der Waals surface area contributed by atoms with Crippen molar-refractivity contribution in [1.82, 2.24) is 24.7 Å². The van der Waals surface area contributed by atoms with E-state index in [4.69, 9.17) is 0 Å². The van der Waals surface area contributed by atoms with E-state index < -0.39 is 11.6 Å². The molecule has 3 saturated heterocycles. The molecule has 3 fully saturated rings. The van der Waals surface area contributed by atoms with Crippen molar-refractivity contribution in [3.05, 3.63) is 18.2 Å². The van der Waals surface area contributed by atoms with Crippen LogP contribution in [0.5, 0.6) is 0 Å². The molecule has 8 heteroatoms. The van der Waals surface area contributed by atoms with Crippen molar-refractivity contribution in [1.29, 1.82) is 0 Å². The summed E-state index contributed by atoms with van der Waals surface area (Å²) in [6.45, 7) is 4.82. The van der Waals surface area contributed by atoms with Gasteiger partial charge in [0.2, 0.25) is 5.91 Å². The van der Waals surface area contributed by atoms with Crippen LogP contribution < -0.4 is 0 Å². The number of fused-ring (bicyclic) bond motifs is 2. The number of aliphatic hydroxyl groups excluding tert-OH is 1. The molecule has 0 bridgehead atoms. The molecule has 0 unspecified atom stereocenters. The van der Waals surface area contributed by atoms with Gasteiger partial charge in [-0.2, -0.15) is 0 Å². The van der Waals surface area contributed by atoms with Crippen LogP contribution in [0.1, 0.15) is 31.9 Å². The fourth-order valence-electron chi connectivity index (χ4n) is 4.44. The number of aliphatic hydroxyl groups is 1. The molecular weight excluding hydrogens is 322 g/mol. The number of imidazole rings is 1. The molecular formula is C17H25N5O3. The molecule has 0 saturated carbocycles.